The number of carbonyl (C=O) groups excluding carboxylic acids is 1. The molecule has 2 aliphatic heterocycles. The number of halogens is 1. The van der Waals surface area contributed by atoms with E-state index in [4.69, 9.17) is 29.6 Å². The van der Waals surface area contributed by atoms with Crippen molar-refractivity contribution in [3.63, 3.8) is 0 Å². The maximum Gasteiger partial charge on any atom is 0.254 e. The van der Waals surface area contributed by atoms with Crippen molar-refractivity contribution in [1.29, 1.82) is 0 Å². The van der Waals surface area contributed by atoms with Crippen LogP contribution in [-0.4, -0.2) is 32.2 Å². The van der Waals surface area contributed by atoms with E-state index in [2.05, 4.69) is 5.32 Å². The summed E-state index contributed by atoms with van der Waals surface area (Å²) in [5, 5.41) is 13.1. The fraction of sp³-hybridized carbons (Fsp3) is 0.200. The van der Waals surface area contributed by atoms with E-state index in [1.165, 1.54) is 35.0 Å². The SMILES string of the molecule is NC(=S)SCC1=CC(=O)N2C=C(Cl)C=C(O)C2N1. The van der Waals surface area contributed by atoms with E-state index in [9.17, 15) is 9.90 Å². The van der Waals surface area contributed by atoms with E-state index in [-0.39, 0.29) is 11.7 Å². The molecule has 2 heterocycles. The first kappa shape index (κ1) is 13.3. The summed E-state index contributed by atoms with van der Waals surface area (Å²) in [6.45, 7) is 0. The number of carbonyl (C=O) groups is 1. The minimum atomic E-state index is -0.619. The Morgan fingerprint density at radius 3 is 3.06 bits per heavy atom. The molecule has 0 saturated carbocycles. The van der Waals surface area contributed by atoms with Gasteiger partial charge in [0, 0.05) is 23.7 Å². The number of amides is 1. The van der Waals surface area contributed by atoms with Crippen molar-refractivity contribution in [1.82, 2.24) is 10.2 Å². The first-order valence-electron chi connectivity index (χ1n) is 4.97. The summed E-state index contributed by atoms with van der Waals surface area (Å²) in [4.78, 5) is 13.2. The van der Waals surface area contributed by atoms with Gasteiger partial charge in [0.25, 0.3) is 5.91 Å². The monoisotopic (exact) mass is 303 g/mol. The molecular weight excluding hydrogens is 294 g/mol. The van der Waals surface area contributed by atoms with E-state index in [1.54, 1.807) is 0 Å². The molecule has 0 bridgehead atoms. The van der Waals surface area contributed by atoms with Crippen molar-refractivity contribution >= 4 is 45.8 Å². The van der Waals surface area contributed by atoms with Crippen LogP contribution in [0, 0.1) is 0 Å². The van der Waals surface area contributed by atoms with E-state index in [0.29, 0.717) is 20.8 Å². The molecule has 0 fully saturated rings. The minimum absolute atomic E-state index is 0.0122. The van der Waals surface area contributed by atoms with Crippen molar-refractivity contribution in [3.05, 3.63) is 34.8 Å². The summed E-state index contributed by atoms with van der Waals surface area (Å²) in [5.41, 5.74) is 6.04. The quantitative estimate of drug-likeness (QED) is 0.664. The second-order valence-corrected chi connectivity index (χ2v) is 5.80. The Bertz CT molecular complexity index is 501. The highest BCUT2D eigenvalue weighted by molar-refractivity contribution is 8.23. The summed E-state index contributed by atoms with van der Waals surface area (Å²) in [5.74, 6) is 0.188. The van der Waals surface area contributed by atoms with Gasteiger partial charge in [0.05, 0.1) is 5.03 Å². The molecule has 0 saturated heterocycles. The van der Waals surface area contributed by atoms with Gasteiger partial charge in [0.1, 0.15) is 10.1 Å². The van der Waals surface area contributed by atoms with Crippen molar-refractivity contribution in [2.45, 2.75) is 6.17 Å². The van der Waals surface area contributed by atoms with Crippen LogP contribution in [0.4, 0.5) is 0 Å². The van der Waals surface area contributed by atoms with Gasteiger partial charge >= 0.3 is 0 Å². The van der Waals surface area contributed by atoms with Gasteiger partial charge in [-0.2, -0.15) is 0 Å². The molecule has 4 N–H and O–H groups in total. The predicted octanol–water partition coefficient (Wildman–Crippen LogP) is 1.14. The lowest BCUT2D eigenvalue weighted by Gasteiger charge is -2.35. The number of aliphatic hydroxyl groups is 1. The van der Waals surface area contributed by atoms with E-state index >= 15 is 0 Å². The highest BCUT2D eigenvalue weighted by atomic mass is 35.5. The molecule has 1 atom stereocenters. The van der Waals surface area contributed by atoms with Crippen LogP contribution in [0.5, 0.6) is 0 Å². The van der Waals surface area contributed by atoms with Gasteiger partial charge in [0.15, 0.2) is 6.17 Å². The van der Waals surface area contributed by atoms with Gasteiger partial charge in [-0.05, 0) is 6.08 Å². The molecule has 2 rings (SSSR count). The van der Waals surface area contributed by atoms with Crippen LogP contribution in [0.25, 0.3) is 0 Å². The number of nitrogens with one attached hydrogen (secondary N) is 1. The molecule has 18 heavy (non-hydrogen) atoms. The molecule has 0 aromatic carbocycles. The number of allylic oxidation sites excluding steroid dienone is 2. The number of rotatable bonds is 2. The molecule has 8 heteroatoms. The molecule has 0 spiro atoms. The zero-order chi connectivity index (χ0) is 13.3. The Kier molecular flexibility index (Phi) is 3.84. The average molecular weight is 304 g/mol. The molecule has 5 nitrogen and oxygen atoms in total. The summed E-state index contributed by atoms with van der Waals surface area (Å²) < 4.78 is 0.305. The zero-order valence-corrected chi connectivity index (χ0v) is 11.5. The summed E-state index contributed by atoms with van der Waals surface area (Å²) in [6.07, 6.45) is 3.68. The Hall–Kier alpha value is -1.18. The highest BCUT2D eigenvalue weighted by Gasteiger charge is 2.32. The number of nitrogens with two attached hydrogens (primary N) is 1. The van der Waals surface area contributed by atoms with Gasteiger partial charge in [-0.15, -0.1) is 0 Å². The first-order chi connectivity index (χ1) is 8.47. The number of thiocarbonyl (C=S) groups is 1. The van der Waals surface area contributed by atoms with Gasteiger partial charge in [0.2, 0.25) is 0 Å². The standard InChI is InChI=1S/C10H10ClN3O2S2/c11-5-1-7(15)9-13-6(4-18-10(12)17)2-8(16)14(9)3-5/h1-3,9,13,15H,4H2,(H2,12,17). The van der Waals surface area contributed by atoms with Crippen LogP contribution < -0.4 is 11.1 Å². The Morgan fingerprint density at radius 2 is 2.39 bits per heavy atom. The fourth-order valence-electron chi connectivity index (χ4n) is 1.61. The van der Waals surface area contributed by atoms with Crippen LogP contribution in [0.3, 0.4) is 0 Å². The second kappa shape index (κ2) is 5.21. The number of hydrogen-bond acceptors (Lipinski definition) is 5. The Labute approximate surface area is 118 Å². The van der Waals surface area contributed by atoms with Gasteiger partial charge in [-0.25, -0.2) is 0 Å². The van der Waals surface area contributed by atoms with Gasteiger partial charge < -0.3 is 16.2 Å². The number of hydrogen-bond donors (Lipinski definition) is 3. The molecule has 2 aliphatic rings. The average Bonchev–Trinajstić information content (AvgIpc) is 2.28. The van der Waals surface area contributed by atoms with Crippen LogP contribution in [0.15, 0.2) is 34.8 Å². The molecule has 1 amide bonds. The maximum atomic E-state index is 11.9. The van der Waals surface area contributed by atoms with E-state index in [1.807, 2.05) is 0 Å². The minimum Gasteiger partial charge on any atom is -0.508 e. The van der Waals surface area contributed by atoms with E-state index < -0.39 is 6.17 Å². The predicted molar refractivity (Wildman–Crippen MR) is 75.7 cm³/mol. The Balaban J connectivity index is 2.17. The fourth-order valence-corrected chi connectivity index (χ4v) is 2.47. The third-order valence-corrected chi connectivity index (χ3v) is 3.65. The summed E-state index contributed by atoms with van der Waals surface area (Å²) in [6, 6.07) is 0. The third-order valence-electron chi connectivity index (χ3n) is 2.35. The number of aliphatic hydroxyl groups excluding tert-OH is 1. The molecule has 0 aromatic rings. The lowest BCUT2D eigenvalue weighted by molar-refractivity contribution is -0.126. The van der Waals surface area contributed by atoms with Crippen LogP contribution in [0.1, 0.15) is 0 Å². The zero-order valence-electron chi connectivity index (χ0n) is 9.09. The van der Waals surface area contributed by atoms with Crippen molar-refractivity contribution < 1.29 is 9.90 Å². The van der Waals surface area contributed by atoms with Crippen molar-refractivity contribution in [3.8, 4) is 0 Å². The largest absolute Gasteiger partial charge is 0.508 e. The summed E-state index contributed by atoms with van der Waals surface area (Å²) >= 11 is 11.8. The van der Waals surface area contributed by atoms with Crippen molar-refractivity contribution in [2.75, 3.05) is 5.75 Å². The van der Waals surface area contributed by atoms with Crippen LogP contribution in [0.2, 0.25) is 0 Å². The lowest BCUT2D eigenvalue weighted by atomic mass is 10.2. The topological polar surface area (TPSA) is 78.6 Å². The lowest BCUT2D eigenvalue weighted by Crippen LogP contribution is -2.51. The molecule has 0 aliphatic carbocycles. The highest BCUT2D eigenvalue weighted by Crippen LogP contribution is 2.24. The number of fused-ring (bicyclic) bond motifs is 1. The number of thioether (sulfide) groups is 1. The van der Waals surface area contributed by atoms with Crippen molar-refractivity contribution in [2.24, 2.45) is 5.73 Å². The van der Waals surface area contributed by atoms with E-state index in [0.717, 1.165) is 0 Å². The van der Waals surface area contributed by atoms with Crippen LogP contribution >= 0.6 is 35.6 Å². The normalized spacial score (nSPS) is 22.5. The van der Waals surface area contributed by atoms with Gasteiger partial charge in [-0.3, -0.25) is 9.69 Å². The van der Waals surface area contributed by atoms with Crippen LogP contribution in [-0.2, 0) is 4.79 Å². The third kappa shape index (κ3) is 2.80. The van der Waals surface area contributed by atoms with Gasteiger partial charge in [-0.1, -0.05) is 35.6 Å². The number of nitrogens with zero attached hydrogens (tertiary/aromatic N) is 1. The Morgan fingerprint density at radius 1 is 1.67 bits per heavy atom. The maximum absolute atomic E-state index is 11.9. The molecule has 0 aromatic heterocycles. The smallest absolute Gasteiger partial charge is 0.254 e. The first-order valence-corrected chi connectivity index (χ1v) is 6.74. The molecular formula is C10H10ClN3O2S2. The second-order valence-electron chi connectivity index (χ2n) is 3.65. The molecule has 96 valence electrons. The summed E-state index contributed by atoms with van der Waals surface area (Å²) in [7, 11) is 0. The molecule has 1 unspecified atom stereocenters. The molecule has 0 radical (unpaired) electrons.